The van der Waals surface area contributed by atoms with Gasteiger partial charge in [-0.25, -0.2) is 10.1 Å². The van der Waals surface area contributed by atoms with E-state index >= 15 is 0 Å². The number of hydrazone groups is 1. The second-order valence-corrected chi connectivity index (χ2v) is 4.34. The third-order valence-electron chi connectivity index (χ3n) is 2.14. The zero-order chi connectivity index (χ0) is 10.9. The average molecular weight is 200 g/mol. The van der Waals surface area contributed by atoms with Crippen LogP contribution >= 0.6 is 0 Å². The molecule has 0 aromatic rings. The minimum Gasteiger partial charge on any atom is -0.266 e. The topological polar surface area (TPSA) is 62.0 Å². The number of hydrogen-bond acceptors (Lipinski definition) is 4. The van der Waals surface area contributed by atoms with Gasteiger partial charge < -0.3 is 0 Å². The van der Waals surface area contributed by atoms with Crippen molar-refractivity contribution >= 4 is 6.34 Å². The van der Waals surface area contributed by atoms with Gasteiger partial charge >= 0.3 is 0 Å². The van der Waals surface area contributed by atoms with Gasteiger partial charge in [-0.05, 0) is 6.92 Å². The first-order valence-electron chi connectivity index (χ1n) is 4.61. The van der Waals surface area contributed by atoms with Crippen LogP contribution in [0.1, 0.15) is 27.7 Å². The standard InChI is InChI=1S/C8H16N4O2/c1-5-10-7(8(2,3)4)11(6-9-10)12(13)14/h6-7H,5H2,1-4H3. The molecule has 1 unspecified atom stereocenters. The minimum atomic E-state index is -0.422. The maximum Gasteiger partial charge on any atom is 0.187 e. The van der Waals surface area contributed by atoms with Crippen molar-refractivity contribution in [2.24, 2.45) is 10.5 Å². The van der Waals surface area contributed by atoms with Crippen molar-refractivity contribution in [3.63, 3.8) is 0 Å². The molecule has 14 heavy (non-hydrogen) atoms. The second-order valence-electron chi connectivity index (χ2n) is 4.34. The summed E-state index contributed by atoms with van der Waals surface area (Å²) in [5.74, 6) is 0. The zero-order valence-electron chi connectivity index (χ0n) is 8.97. The molecule has 0 saturated carbocycles. The lowest BCUT2D eigenvalue weighted by Crippen LogP contribution is -2.50. The van der Waals surface area contributed by atoms with Crippen LogP contribution in [0.15, 0.2) is 5.10 Å². The van der Waals surface area contributed by atoms with Gasteiger partial charge in [0, 0.05) is 12.0 Å². The Kier molecular flexibility index (Phi) is 2.64. The molecule has 6 nitrogen and oxygen atoms in total. The van der Waals surface area contributed by atoms with E-state index in [1.165, 1.54) is 6.34 Å². The summed E-state index contributed by atoms with van der Waals surface area (Å²) < 4.78 is 0. The number of rotatable bonds is 2. The van der Waals surface area contributed by atoms with Crippen LogP contribution in [0, 0.1) is 15.5 Å². The Morgan fingerprint density at radius 2 is 2.14 bits per heavy atom. The molecule has 0 aromatic carbocycles. The summed E-state index contributed by atoms with van der Waals surface area (Å²) in [6.45, 7) is 8.49. The van der Waals surface area contributed by atoms with Gasteiger partial charge in [0.1, 0.15) is 0 Å². The lowest BCUT2D eigenvalue weighted by Gasteiger charge is -2.33. The number of nitro groups is 1. The summed E-state index contributed by atoms with van der Waals surface area (Å²) >= 11 is 0. The van der Waals surface area contributed by atoms with Crippen LogP contribution < -0.4 is 0 Å². The van der Waals surface area contributed by atoms with Gasteiger partial charge in [0.15, 0.2) is 17.5 Å². The van der Waals surface area contributed by atoms with E-state index < -0.39 is 5.03 Å². The highest BCUT2D eigenvalue weighted by Crippen LogP contribution is 2.29. The van der Waals surface area contributed by atoms with Crippen LogP contribution in [0.25, 0.3) is 0 Å². The molecule has 1 rings (SSSR count). The lowest BCUT2D eigenvalue weighted by atomic mass is 9.92. The van der Waals surface area contributed by atoms with Gasteiger partial charge in [-0.3, -0.25) is 5.01 Å². The molecule has 1 heterocycles. The maximum absolute atomic E-state index is 10.7. The molecule has 80 valence electrons. The largest absolute Gasteiger partial charge is 0.266 e. The van der Waals surface area contributed by atoms with E-state index in [4.69, 9.17) is 0 Å². The van der Waals surface area contributed by atoms with Crippen LogP contribution in [0.5, 0.6) is 0 Å². The summed E-state index contributed by atoms with van der Waals surface area (Å²) in [6.07, 6.45) is 0.974. The molecule has 0 radical (unpaired) electrons. The molecular formula is C8H16N4O2. The van der Waals surface area contributed by atoms with Gasteiger partial charge in [0.05, 0.1) is 0 Å². The lowest BCUT2D eigenvalue weighted by molar-refractivity contribution is -0.642. The Labute approximate surface area is 83.3 Å². The molecule has 0 aromatic heterocycles. The van der Waals surface area contributed by atoms with Crippen LogP contribution in [0.3, 0.4) is 0 Å². The Morgan fingerprint density at radius 3 is 2.50 bits per heavy atom. The van der Waals surface area contributed by atoms with Gasteiger partial charge in [0.25, 0.3) is 0 Å². The first kappa shape index (κ1) is 10.7. The third-order valence-corrected chi connectivity index (χ3v) is 2.14. The van der Waals surface area contributed by atoms with Crippen molar-refractivity contribution < 1.29 is 5.03 Å². The highest BCUT2D eigenvalue weighted by atomic mass is 16.7. The molecule has 0 fully saturated rings. The smallest absolute Gasteiger partial charge is 0.187 e. The molecule has 0 spiro atoms. The van der Waals surface area contributed by atoms with Crippen molar-refractivity contribution in [2.75, 3.05) is 6.54 Å². The van der Waals surface area contributed by atoms with Gasteiger partial charge in [-0.15, -0.1) is 0 Å². The second kappa shape index (κ2) is 3.43. The van der Waals surface area contributed by atoms with Crippen LogP contribution in [0.4, 0.5) is 0 Å². The predicted octanol–water partition coefficient (Wildman–Crippen LogP) is 1.13. The van der Waals surface area contributed by atoms with Crippen molar-refractivity contribution in [3.05, 3.63) is 10.1 Å². The predicted molar refractivity (Wildman–Crippen MR) is 52.9 cm³/mol. The summed E-state index contributed by atoms with van der Waals surface area (Å²) in [5, 5.41) is 17.1. The highest BCUT2D eigenvalue weighted by molar-refractivity contribution is 5.55. The molecule has 0 bridgehead atoms. The maximum atomic E-state index is 10.7. The van der Waals surface area contributed by atoms with E-state index in [9.17, 15) is 10.1 Å². The average Bonchev–Trinajstić information content (AvgIpc) is 2.45. The molecule has 0 saturated heterocycles. The quantitative estimate of drug-likeness (QED) is 0.495. The summed E-state index contributed by atoms with van der Waals surface area (Å²) in [4.78, 5) is 10.7. The summed E-state index contributed by atoms with van der Waals surface area (Å²) in [5.41, 5.74) is -0.209. The van der Waals surface area contributed by atoms with Gasteiger partial charge in [-0.1, -0.05) is 25.8 Å². The Balaban J connectivity index is 2.91. The fourth-order valence-corrected chi connectivity index (χ4v) is 1.61. The first-order chi connectivity index (χ1) is 6.38. The van der Waals surface area contributed by atoms with E-state index in [1.54, 1.807) is 5.01 Å². The molecule has 1 atom stereocenters. The normalized spacial score (nSPS) is 21.9. The summed E-state index contributed by atoms with van der Waals surface area (Å²) in [7, 11) is 0. The minimum absolute atomic E-state index is 0.209. The summed E-state index contributed by atoms with van der Waals surface area (Å²) in [6, 6.07) is 0. The molecule has 1 aliphatic heterocycles. The first-order valence-corrected chi connectivity index (χ1v) is 4.61. The fraction of sp³-hybridized carbons (Fsp3) is 0.875. The molecular weight excluding hydrogens is 184 g/mol. The van der Waals surface area contributed by atoms with E-state index in [0.29, 0.717) is 6.54 Å². The Bertz CT molecular complexity index is 259. The van der Waals surface area contributed by atoms with Crippen LogP contribution in [-0.4, -0.2) is 34.1 Å². The van der Waals surface area contributed by atoms with Crippen LogP contribution in [0.2, 0.25) is 0 Å². The highest BCUT2D eigenvalue weighted by Gasteiger charge is 2.43. The molecule has 0 N–H and O–H groups in total. The monoisotopic (exact) mass is 200 g/mol. The van der Waals surface area contributed by atoms with Crippen molar-refractivity contribution in [2.45, 2.75) is 33.9 Å². The van der Waals surface area contributed by atoms with E-state index in [0.717, 1.165) is 5.01 Å². The SMILES string of the molecule is CCN1N=CN([N+](=O)[O-])C1C(C)(C)C. The molecule has 6 heteroatoms. The van der Waals surface area contributed by atoms with Crippen molar-refractivity contribution in [1.29, 1.82) is 0 Å². The van der Waals surface area contributed by atoms with Crippen LogP contribution in [-0.2, 0) is 0 Å². The van der Waals surface area contributed by atoms with Crippen molar-refractivity contribution in [3.8, 4) is 0 Å². The van der Waals surface area contributed by atoms with E-state index in [2.05, 4.69) is 5.10 Å². The molecule has 1 aliphatic rings. The fourth-order valence-electron chi connectivity index (χ4n) is 1.61. The Morgan fingerprint density at radius 1 is 1.57 bits per heavy atom. The van der Waals surface area contributed by atoms with Gasteiger partial charge in [0.2, 0.25) is 0 Å². The Hall–Kier alpha value is -1.33. The van der Waals surface area contributed by atoms with E-state index in [-0.39, 0.29) is 11.6 Å². The zero-order valence-corrected chi connectivity index (χ0v) is 8.97. The number of hydrazine groups is 1. The van der Waals surface area contributed by atoms with E-state index in [1.807, 2.05) is 27.7 Å². The molecule has 0 aliphatic carbocycles. The molecule has 0 amide bonds. The third kappa shape index (κ3) is 1.78. The number of nitrogens with zero attached hydrogens (tertiary/aromatic N) is 4. The van der Waals surface area contributed by atoms with Gasteiger partial charge in [-0.2, -0.15) is 5.10 Å². The van der Waals surface area contributed by atoms with Crippen molar-refractivity contribution in [1.82, 2.24) is 10.0 Å². The number of hydrogen-bond donors (Lipinski definition) is 0.